The van der Waals surface area contributed by atoms with E-state index in [0.717, 1.165) is 43.5 Å². The molecule has 1 atom stereocenters. The van der Waals surface area contributed by atoms with Crippen LogP contribution in [0.4, 0.5) is 0 Å². The predicted molar refractivity (Wildman–Crippen MR) is 110 cm³/mol. The van der Waals surface area contributed by atoms with Gasteiger partial charge < -0.3 is 4.74 Å². The Balaban J connectivity index is 1.59. The molecule has 1 heterocycles. The van der Waals surface area contributed by atoms with E-state index in [4.69, 9.17) is 4.74 Å². The average Bonchev–Trinajstić information content (AvgIpc) is 3.17. The molecule has 0 aromatic heterocycles. The minimum atomic E-state index is -3.60. The van der Waals surface area contributed by atoms with Gasteiger partial charge in [0.15, 0.2) is 0 Å². The minimum Gasteiger partial charge on any atom is -0.379 e. The van der Waals surface area contributed by atoms with Crippen LogP contribution in [0.3, 0.4) is 0 Å². The fraction of sp³-hybridized carbons (Fsp3) is 0.455. The molecule has 0 radical (unpaired) electrons. The molecule has 1 N–H and O–H groups in total. The molecule has 0 unspecified atom stereocenters. The lowest BCUT2D eigenvalue weighted by molar-refractivity contribution is 0.0345. The molecule has 2 aromatic rings. The first kappa shape index (κ1) is 19.6. The second-order valence-corrected chi connectivity index (χ2v) is 9.50. The lowest BCUT2D eigenvalue weighted by Crippen LogP contribution is -2.43. The first-order valence-corrected chi connectivity index (χ1v) is 11.5. The zero-order valence-corrected chi connectivity index (χ0v) is 17.2. The Kier molecular flexibility index (Phi) is 5.83. The number of hydrogen-bond acceptors (Lipinski definition) is 4. The van der Waals surface area contributed by atoms with Crippen molar-refractivity contribution in [3.8, 4) is 0 Å². The van der Waals surface area contributed by atoms with E-state index in [1.54, 1.807) is 6.07 Å². The lowest BCUT2D eigenvalue weighted by Gasteiger charge is -2.31. The van der Waals surface area contributed by atoms with Gasteiger partial charge >= 0.3 is 0 Å². The van der Waals surface area contributed by atoms with E-state index < -0.39 is 10.0 Å². The fourth-order valence-corrected chi connectivity index (χ4v) is 5.29. The number of morpholine rings is 1. The summed E-state index contributed by atoms with van der Waals surface area (Å²) in [6.45, 7) is 5.70. The second kappa shape index (κ2) is 8.33. The van der Waals surface area contributed by atoms with Crippen LogP contribution in [0.25, 0.3) is 0 Å². The molecular weight excluding hydrogens is 372 g/mol. The van der Waals surface area contributed by atoms with Crippen molar-refractivity contribution in [2.24, 2.45) is 0 Å². The van der Waals surface area contributed by atoms with Gasteiger partial charge in [-0.05, 0) is 55.0 Å². The number of benzene rings is 2. The number of nitrogens with zero attached hydrogens (tertiary/aromatic N) is 1. The minimum absolute atomic E-state index is 0.294. The van der Waals surface area contributed by atoms with E-state index in [9.17, 15) is 8.42 Å². The van der Waals surface area contributed by atoms with Crippen molar-refractivity contribution < 1.29 is 13.2 Å². The second-order valence-electron chi connectivity index (χ2n) is 7.78. The molecule has 0 spiro atoms. The van der Waals surface area contributed by atoms with Crippen LogP contribution in [-0.2, 0) is 27.6 Å². The molecule has 150 valence electrons. The number of aryl methyl sites for hydroxylation is 3. The average molecular weight is 401 g/mol. The molecule has 1 saturated heterocycles. The fourth-order valence-electron chi connectivity index (χ4n) is 4.02. The van der Waals surface area contributed by atoms with E-state index in [0.29, 0.717) is 24.7 Å². The zero-order chi connectivity index (χ0) is 19.6. The summed E-state index contributed by atoms with van der Waals surface area (Å²) in [5, 5.41) is 0. The topological polar surface area (TPSA) is 58.6 Å². The van der Waals surface area contributed by atoms with Gasteiger partial charge in [-0.25, -0.2) is 13.1 Å². The highest BCUT2D eigenvalue weighted by atomic mass is 32.2. The highest BCUT2D eigenvalue weighted by molar-refractivity contribution is 7.89. The van der Waals surface area contributed by atoms with E-state index in [2.05, 4.69) is 9.62 Å². The molecular formula is C22H28N2O3S. The molecule has 0 amide bonds. The number of rotatable bonds is 6. The first-order chi connectivity index (χ1) is 13.5. The van der Waals surface area contributed by atoms with Gasteiger partial charge in [0.2, 0.25) is 10.0 Å². The van der Waals surface area contributed by atoms with Crippen LogP contribution in [-0.4, -0.2) is 46.2 Å². The molecule has 2 aliphatic rings. The highest BCUT2D eigenvalue weighted by Crippen LogP contribution is 2.26. The SMILES string of the molecule is Cc1ccc([C@@H](CN2CCOCC2)NS(=O)(=O)c2ccc3c(c2)CCC3)cc1. The van der Waals surface area contributed by atoms with Crippen LogP contribution >= 0.6 is 0 Å². The molecule has 2 aromatic carbocycles. The van der Waals surface area contributed by atoms with Crippen molar-refractivity contribution in [1.82, 2.24) is 9.62 Å². The first-order valence-electron chi connectivity index (χ1n) is 10.0. The molecule has 4 rings (SSSR count). The van der Waals surface area contributed by atoms with Crippen LogP contribution in [0.15, 0.2) is 47.4 Å². The third kappa shape index (κ3) is 4.46. The maximum absolute atomic E-state index is 13.2. The molecule has 1 aliphatic heterocycles. The normalized spacial score (nSPS) is 18.8. The molecule has 0 bridgehead atoms. The quantitative estimate of drug-likeness (QED) is 0.810. The largest absolute Gasteiger partial charge is 0.379 e. The van der Waals surface area contributed by atoms with Crippen molar-refractivity contribution in [3.63, 3.8) is 0 Å². The Labute approximate surface area is 167 Å². The van der Waals surface area contributed by atoms with Crippen LogP contribution < -0.4 is 4.72 Å². The van der Waals surface area contributed by atoms with E-state index >= 15 is 0 Å². The summed E-state index contributed by atoms with van der Waals surface area (Å²) in [6, 6.07) is 13.4. The summed E-state index contributed by atoms with van der Waals surface area (Å²) in [7, 11) is -3.60. The summed E-state index contributed by atoms with van der Waals surface area (Å²) in [5.74, 6) is 0. The van der Waals surface area contributed by atoms with Crippen molar-refractivity contribution in [2.75, 3.05) is 32.8 Å². The Morgan fingerprint density at radius 2 is 1.75 bits per heavy atom. The number of hydrogen-bond donors (Lipinski definition) is 1. The van der Waals surface area contributed by atoms with Crippen molar-refractivity contribution in [2.45, 2.75) is 37.1 Å². The van der Waals surface area contributed by atoms with Gasteiger partial charge in [-0.3, -0.25) is 4.90 Å². The summed E-state index contributed by atoms with van der Waals surface area (Å²) in [6.07, 6.45) is 3.12. The number of nitrogens with one attached hydrogen (secondary N) is 1. The smallest absolute Gasteiger partial charge is 0.241 e. The maximum atomic E-state index is 13.2. The van der Waals surface area contributed by atoms with Crippen LogP contribution in [0.1, 0.15) is 34.7 Å². The maximum Gasteiger partial charge on any atom is 0.241 e. The molecule has 1 aliphatic carbocycles. The number of sulfonamides is 1. The zero-order valence-electron chi connectivity index (χ0n) is 16.4. The summed E-state index contributed by atoms with van der Waals surface area (Å²) >= 11 is 0. The summed E-state index contributed by atoms with van der Waals surface area (Å²) in [5.41, 5.74) is 4.60. The Morgan fingerprint density at radius 1 is 1.04 bits per heavy atom. The van der Waals surface area contributed by atoms with E-state index in [1.165, 1.54) is 11.1 Å². The van der Waals surface area contributed by atoms with Gasteiger partial charge in [-0.1, -0.05) is 35.9 Å². The third-order valence-electron chi connectivity index (χ3n) is 5.70. The Bertz CT molecular complexity index is 919. The lowest BCUT2D eigenvalue weighted by atomic mass is 10.1. The number of ether oxygens (including phenoxy) is 1. The van der Waals surface area contributed by atoms with Gasteiger partial charge in [0.05, 0.1) is 24.2 Å². The van der Waals surface area contributed by atoms with Crippen molar-refractivity contribution >= 4 is 10.0 Å². The van der Waals surface area contributed by atoms with Gasteiger partial charge in [-0.2, -0.15) is 0 Å². The third-order valence-corrected chi connectivity index (χ3v) is 7.17. The van der Waals surface area contributed by atoms with Crippen LogP contribution in [0, 0.1) is 6.92 Å². The standard InChI is InChI=1S/C22H28N2O3S/c1-17-5-7-19(8-6-17)22(16-24-11-13-27-14-12-24)23-28(25,26)21-10-9-18-3-2-4-20(18)15-21/h5-10,15,22-23H,2-4,11-14,16H2,1H3/t22-/m1/s1. The molecule has 1 fully saturated rings. The van der Waals surface area contributed by atoms with E-state index in [-0.39, 0.29) is 6.04 Å². The van der Waals surface area contributed by atoms with Crippen LogP contribution in [0.2, 0.25) is 0 Å². The van der Waals surface area contributed by atoms with E-state index in [1.807, 2.05) is 43.3 Å². The predicted octanol–water partition coefficient (Wildman–Crippen LogP) is 2.84. The van der Waals surface area contributed by atoms with Gasteiger partial charge in [0, 0.05) is 19.6 Å². The van der Waals surface area contributed by atoms with Crippen molar-refractivity contribution in [1.29, 1.82) is 0 Å². The molecule has 0 saturated carbocycles. The summed E-state index contributed by atoms with van der Waals surface area (Å²) < 4.78 is 34.7. The molecule has 5 nitrogen and oxygen atoms in total. The van der Waals surface area contributed by atoms with Gasteiger partial charge in [-0.15, -0.1) is 0 Å². The number of fused-ring (bicyclic) bond motifs is 1. The monoisotopic (exact) mass is 400 g/mol. The summed E-state index contributed by atoms with van der Waals surface area (Å²) in [4.78, 5) is 2.63. The van der Waals surface area contributed by atoms with Crippen LogP contribution in [0.5, 0.6) is 0 Å². The van der Waals surface area contributed by atoms with Gasteiger partial charge in [0.1, 0.15) is 0 Å². The molecule has 6 heteroatoms. The highest BCUT2D eigenvalue weighted by Gasteiger charge is 2.25. The van der Waals surface area contributed by atoms with Gasteiger partial charge in [0.25, 0.3) is 0 Å². The Hall–Kier alpha value is -1.73. The Morgan fingerprint density at radius 3 is 2.50 bits per heavy atom. The molecule has 28 heavy (non-hydrogen) atoms. The van der Waals surface area contributed by atoms with Crippen molar-refractivity contribution in [3.05, 3.63) is 64.7 Å².